The third kappa shape index (κ3) is 6.47. The molecule has 4 rings (SSSR count). The molecule has 0 spiro atoms. The molecule has 1 aliphatic heterocycles. The fourth-order valence-corrected chi connectivity index (χ4v) is 6.98. The molecule has 10 nitrogen and oxygen atoms in total. The monoisotopic (exact) mass is 586 g/mol. The second-order valence-electron chi connectivity index (χ2n) is 12.7. The smallest absolute Gasteiger partial charge is 0.408 e. The van der Waals surface area contributed by atoms with Crippen molar-refractivity contribution in [2.75, 3.05) is 6.54 Å². The zero-order valence-corrected chi connectivity index (χ0v) is 24.4. The Morgan fingerprint density at radius 1 is 1.00 bits per heavy atom. The number of ether oxygens (including phenoxy) is 1. The number of nitrogens with two attached hydrogens (primary N) is 1. The second-order valence-corrected chi connectivity index (χ2v) is 14.1. The van der Waals surface area contributed by atoms with Gasteiger partial charge in [0.1, 0.15) is 22.5 Å². The number of piperidine rings is 1. The molecule has 5 atom stereocenters. The minimum atomic E-state index is -1.19. The van der Waals surface area contributed by atoms with Crippen molar-refractivity contribution >= 4 is 52.8 Å². The number of rotatable bonds is 9. The summed E-state index contributed by atoms with van der Waals surface area (Å²) in [4.78, 5) is 66.0. The van der Waals surface area contributed by atoms with Crippen LogP contribution in [0.3, 0.4) is 0 Å². The number of Topliss-reactive ketones (excluding diaryl/α,β-unsaturated/α-hetero) is 1. The Balaban J connectivity index is 1.50. The number of hydrogen-bond donors (Lipinski definition) is 3. The SMILES string of the molecule is CC(C)(C)C(NC(=O)OC1CCCCC1)C(=O)N1CC2C(C1C(=O)NC(CC1CCC1)C(=O)C(N)=O)C2(Cl)Cl. The largest absolute Gasteiger partial charge is 0.446 e. The van der Waals surface area contributed by atoms with Crippen LogP contribution < -0.4 is 16.4 Å². The number of nitrogens with one attached hydrogen (secondary N) is 2. The highest BCUT2D eigenvalue weighted by Crippen LogP contribution is 2.65. The maximum atomic E-state index is 13.9. The molecule has 39 heavy (non-hydrogen) atoms. The number of amides is 4. The standard InChI is InChI=1S/C27H40Cl2N4O6/c1-26(2,3)21(32-25(38)39-15-10-5-4-6-11-15)24(37)33-13-16-18(27(16,28)29)19(33)23(36)31-17(20(34)22(30)35)12-14-8-7-9-14/h14-19,21H,4-13H2,1-3H3,(H2,30,35)(H,31,36)(H,32,38). The van der Waals surface area contributed by atoms with E-state index in [-0.39, 0.29) is 24.5 Å². The zero-order valence-electron chi connectivity index (χ0n) is 22.8. The van der Waals surface area contributed by atoms with Gasteiger partial charge in [-0.05, 0) is 43.4 Å². The lowest BCUT2D eigenvalue weighted by Gasteiger charge is -2.37. The topological polar surface area (TPSA) is 148 Å². The Labute approximate surface area is 239 Å². The summed E-state index contributed by atoms with van der Waals surface area (Å²) in [6, 6.07) is -3.14. The van der Waals surface area contributed by atoms with Gasteiger partial charge >= 0.3 is 6.09 Å². The van der Waals surface area contributed by atoms with E-state index in [2.05, 4.69) is 10.6 Å². The number of alkyl carbamates (subject to hydrolysis) is 1. The molecule has 4 amide bonds. The van der Waals surface area contributed by atoms with Gasteiger partial charge in [-0.3, -0.25) is 19.2 Å². The number of fused-ring (bicyclic) bond motifs is 1. The molecule has 12 heteroatoms. The van der Waals surface area contributed by atoms with Crippen molar-refractivity contribution in [2.45, 2.75) is 107 Å². The van der Waals surface area contributed by atoms with Gasteiger partial charge in [0.25, 0.3) is 5.91 Å². The Bertz CT molecular complexity index is 1000. The summed E-state index contributed by atoms with van der Waals surface area (Å²) >= 11 is 12.9. The van der Waals surface area contributed by atoms with Gasteiger partial charge < -0.3 is 26.0 Å². The third-order valence-electron chi connectivity index (χ3n) is 8.75. The summed E-state index contributed by atoms with van der Waals surface area (Å²) in [7, 11) is 0. The number of nitrogens with zero attached hydrogens (tertiary/aromatic N) is 1. The number of alkyl halides is 2. The van der Waals surface area contributed by atoms with Crippen molar-refractivity contribution in [2.24, 2.45) is 28.9 Å². The van der Waals surface area contributed by atoms with Crippen molar-refractivity contribution in [3.8, 4) is 0 Å². The van der Waals surface area contributed by atoms with Crippen LogP contribution in [0.25, 0.3) is 0 Å². The quantitative estimate of drug-likeness (QED) is 0.279. The Morgan fingerprint density at radius 2 is 1.64 bits per heavy atom. The maximum Gasteiger partial charge on any atom is 0.408 e. The average Bonchev–Trinajstić information content (AvgIpc) is 3.15. The van der Waals surface area contributed by atoms with Crippen molar-refractivity contribution in [3.05, 3.63) is 0 Å². The molecule has 1 heterocycles. The second kappa shape index (κ2) is 11.4. The number of carbonyl (C=O) groups excluding carboxylic acids is 5. The molecule has 4 aliphatic rings. The van der Waals surface area contributed by atoms with Crippen LogP contribution in [0.5, 0.6) is 0 Å². The van der Waals surface area contributed by atoms with Crippen LogP contribution in [0.4, 0.5) is 4.79 Å². The summed E-state index contributed by atoms with van der Waals surface area (Å²) in [6.45, 7) is 5.57. The molecule has 1 saturated heterocycles. The van der Waals surface area contributed by atoms with Crippen molar-refractivity contribution < 1.29 is 28.7 Å². The van der Waals surface area contributed by atoms with Gasteiger partial charge in [-0.15, -0.1) is 23.2 Å². The summed E-state index contributed by atoms with van der Waals surface area (Å²) in [5.41, 5.74) is 4.55. The molecular weight excluding hydrogens is 547 g/mol. The Kier molecular flexibility index (Phi) is 8.76. The summed E-state index contributed by atoms with van der Waals surface area (Å²) in [5, 5.41) is 5.42. The van der Waals surface area contributed by atoms with Gasteiger partial charge in [0.15, 0.2) is 0 Å². The maximum absolute atomic E-state index is 13.9. The van der Waals surface area contributed by atoms with E-state index in [1.54, 1.807) is 0 Å². The number of ketones is 1. The van der Waals surface area contributed by atoms with Crippen LogP contribution in [0.15, 0.2) is 0 Å². The molecule has 0 radical (unpaired) electrons. The van der Waals surface area contributed by atoms with Crippen LogP contribution in [-0.2, 0) is 23.9 Å². The average molecular weight is 588 g/mol. The van der Waals surface area contributed by atoms with Crippen LogP contribution in [0, 0.1) is 23.2 Å². The number of carbonyl (C=O) groups is 5. The highest BCUT2D eigenvalue weighted by Gasteiger charge is 2.74. The molecule has 0 aromatic rings. The van der Waals surface area contributed by atoms with Gasteiger partial charge in [-0.25, -0.2) is 4.79 Å². The lowest BCUT2D eigenvalue weighted by Crippen LogP contribution is -2.61. The van der Waals surface area contributed by atoms with E-state index in [0.29, 0.717) is 6.42 Å². The van der Waals surface area contributed by atoms with E-state index < -0.39 is 63.4 Å². The van der Waals surface area contributed by atoms with Gasteiger partial charge in [0.05, 0.1) is 6.04 Å². The number of hydrogen-bond acceptors (Lipinski definition) is 6. The zero-order chi connectivity index (χ0) is 28.7. The molecule has 5 unspecified atom stereocenters. The predicted octanol–water partition coefficient (Wildman–Crippen LogP) is 2.82. The van der Waals surface area contributed by atoms with Gasteiger partial charge in [-0.2, -0.15) is 0 Å². The van der Waals surface area contributed by atoms with Crippen LogP contribution in [0.1, 0.15) is 78.6 Å². The van der Waals surface area contributed by atoms with E-state index in [9.17, 15) is 24.0 Å². The molecule has 0 aromatic heterocycles. The van der Waals surface area contributed by atoms with Crippen molar-refractivity contribution in [1.82, 2.24) is 15.5 Å². The minimum Gasteiger partial charge on any atom is -0.446 e. The highest BCUT2D eigenvalue weighted by atomic mass is 35.5. The molecule has 3 saturated carbocycles. The van der Waals surface area contributed by atoms with Crippen molar-refractivity contribution in [3.63, 3.8) is 0 Å². The lowest BCUT2D eigenvalue weighted by atomic mass is 9.80. The molecule has 0 bridgehead atoms. The fraction of sp³-hybridized carbons (Fsp3) is 0.815. The number of likely N-dealkylation sites (tertiary alicyclic amines) is 1. The summed E-state index contributed by atoms with van der Waals surface area (Å²) in [5.74, 6) is -3.76. The third-order valence-corrected chi connectivity index (χ3v) is 9.82. The number of halogens is 2. The van der Waals surface area contributed by atoms with Crippen LogP contribution in [-0.4, -0.2) is 69.6 Å². The Morgan fingerprint density at radius 3 is 2.18 bits per heavy atom. The summed E-state index contributed by atoms with van der Waals surface area (Å²) < 4.78 is 4.40. The Hall–Kier alpha value is -2.07. The van der Waals surface area contributed by atoms with Crippen molar-refractivity contribution in [1.29, 1.82) is 0 Å². The first kappa shape index (κ1) is 29.9. The van der Waals surface area contributed by atoms with Crippen LogP contribution in [0.2, 0.25) is 0 Å². The molecule has 0 aromatic carbocycles. The van der Waals surface area contributed by atoms with E-state index in [0.717, 1.165) is 51.4 Å². The van der Waals surface area contributed by atoms with Gasteiger partial charge in [0, 0.05) is 18.4 Å². The first-order chi connectivity index (χ1) is 18.2. The number of primary amides is 1. The predicted molar refractivity (Wildman–Crippen MR) is 145 cm³/mol. The molecular formula is C27H40Cl2N4O6. The highest BCUT2D eigenvalue weighted by molar-refractivity contribution is 6.51. The molecule has 4 N–H and O–H groups in total. The molecule has 3 aliphatic carbocycles. The van der Waals surface area contributed by atoms with E-state index in [1.165, 1.54) is 4.90 Å². The first-order valence-corrected chi connectivity index (χ1v) is 14.8. The van der Waals surface area contributed by atoms with E-state index in [1.807, 2.05) is 20.8 Å². The first-order valence-electron chi connectivity index (χ1n) is 14.0. The van der Waals surface area contributed by atoms with Gasteiger partial charge in [-0.1, -0.05) is 46.5 Å². The van der Waals surface area contributed by atoms with Crippen LogP contribution >= 0.6 is 23.2 Å². The van der Waals surface area contributed by atoms with E-state index in [4.69, 9.17) is 33.7 Å². The molecule has 4 fully saturated rings. The molecule has 218 valence electrons. The summed E-state index contributed by atoms with van der Waals surface area (Å²) in [6.07, 6.45) is 6.95. The minimum absolute atomic E-state index is 0.123. The van der Waals surface area contributed by atoms with E-state index >= 15 is 0 Å². The fourth-order valence-electron chi connectivity index (χ4n) is 6.16. The van der Waals surface area contributed by atoms with Gasteiger partial charge in [0.2, 0.25) is 17.6 Å². The lowest BCUT2D eigenvalue weighted by molar-refractivity contribution is -0.144. The normalized spacial score (nSPS) is 27.9.